The second-order valence-corrected chi connectivity index (χ2v) is 6.02. The van der Waals surface area contributed by atoms with E-state index in [-0.39, 0.29) is 5.91 Å². The molecule has 4 rings (SSSR count). The zero-order valence-electron chi connectivity index (χ0n) is 11.5. The third-order valence-electron chi connectivity index (χ3n) is 4.86. The number of nitrogens with zero attached hydrogens (tertiary/aromatic N) is 3. The van der Waals surface area contributed by atoms with Crippen molar-refractivity contribution in [2.45, 2.75) is 43.8 Å². The van der Waals surface area contributed by atoms with Crippen molar-refractivity contribution in [1.82, 2.24) is 24.8 Å². The quantitative estimate of drug-likeness (QED) is 0.858. The monoisotopic (exact) mass is 273 g/mol. The summed E-state index contributed by atoms with van der Waals surface area (Å²) in [6, 6.07) is 3.37. The summed E-state index contributed by atoms with van der Waals surface area (Å²) in [5, 5.41) is 6.21. The summed E-state index contributed by atoms with van der Waals surface area (Å²) in [5.41, 5.74) is 1.36. The minimum atomic E-state index is -0.0237. The highest BCUT2D eigenvalue weighted by atomic mass is 16.2. The number of imidazole rings is 1. The van der Waals surface area contributed by atoms with E-state index in [1.54, 1.807) is 16.8 Å². The van der Waals surface area contributed by atoms with Gasteiger partial charge in [-0.2, -0.15) is 0 Å². The molecule has 2 aromatic heterocycles. The van der Waals surface area contributed by atoms with Crippen molar-refractivity contribution >= 4 is 11.6 Å². The maximum absolute atomic E-state index is 12.3. The van der Waals surface area contributed by atoms with E-state index in [4.69, 9.17) is 0 Å². The van der Waals surface area contributed by atoms with Crippen LogP contribution in [0.3, 0.4) is 0 Å². The maximum Gasteiger partial charge on any atom is 0.269 e. The van der Waals surface area contributed by atoms with Gasteiger partial charge in [0.05, 0.1) is 0 Å². The molecule has 0 radical (unpaired) electrons. The van der Waals surface area contributed by atoms with E-state index in [1.165, 1.54) is 12.8 Å². The molecule has 2 N–H and O–H groups in total. The van der Waals surface area contributed by atoms with Gasteiger partial charge in [0.15, 0.2) is 5.65 Å². The van der Waals surface area contributed by atoms with Crippen LogP contribution in [0.1, 0.15) is 36.2 Å². The Bertz CT molecular complexity index is 602. The number of amides is 1. The van der Waals surface area contributed by atoms with Gasteiger partial charge in [-0.1, -0.05) is 0 Å². The molecule has 0 saturated carbocycles. The van der Waals surface area contributed by atoms with Crippen molar-refractivity contribution in [3.05, 3.63) is 24.2 Å². The number of piperidine rings is 1. The fourth-order valence-corrected chi connectivity index (χ4v) is 3.72. The molecule has 106 valence electrons. The van der Waals surface area contributed by atoms with E-state index >= 15 is 0 Å². The molecule has 1 amide bonds. The Morgan fingerprint density at radius 2 is 2.15 bits per heavy atom. The van der Waals surface area contributed by atoms with Crippen molar-refractivity contribution < 1.29 is 4.79 Å². The Morgan fingerprint density at radius 1 is 1.40 bits per heavy atom. The van der Waals surface area contributed by atoms with Crippen LogP contribution in [-0.4, -0.2) is 50.6 Å². The molecule has 4 heterocycles. The number of nitrogens with one attached hydrogen (secondary N) is 2. The number of rotatable bonds is 2. The van der Waals surface area contributed by atoms with Crippen molar-refractivity contribution in [1.29, 1.82) is 0 Å². The molecule has 2 saturated heterocycles. The van der Waals surface area contributed by atoms with Gasteiger partial charge in [0, 0.05) is 36.6 Å². The van der Waals surface area contributed by atoms with Gasteiger partial charge in [0.2, 0.25) is 0 Å². The molecule has 6 nitrogen and oxygen atoms in total. The van der Waals surface area contributed by atoms with Crippen molar-refractivity contribution in [3.8, 4) is 0 Å². The van der Waals surface area contributed by atoms with Crippen LogP contribution >= 0.6 is 0 Å². The number of carbonyl (C=O) groups is 1. The minimum absolute atomic E-state index is 0.0237. The van der Waals surface area contributed by atoms with E-state index in [1.807, 2.05) is 6.20 Å². The van der Waals surface area contributed by atoms with Crippen molar-refractivity contribution in [3.63, 3.8) is 0 Å². The molecular weight excluding hydrogens is 254 g/mol. The predicted molar refractivity (Wildman–Crippen MR) is 74.6 cm³/mol. The van der Waals surface area contributed by atoms with E-state index in [2.05, 4.69) is 27.3 Å². The Kier molecular flexibility index (Phi) is 2.60. The lowest BCUT2D eigenvalue weighted by Crippen LogP contribution is -2.48. The molecule has 2 bridgehead atoms. The van der Waals surface area contributed by atoms with Gasteiger partial charge in [0.1, 0.15) is 5.69 Å². The summed E-state index contributed by atoms with van der Waals surface area (Å²) in [7, 11) is 2.21. The molecule has 6 heteroatoms. The fourth-order valence-electron chi connectivity index (χ4n) is 3.72. The average molecular weight is 273 g/mol. The highest BCUT2D eigenvalue weighted by molar-refractivity contribution is 5.93. The van der Waals surface area contributed by atoms with E-state index in [9.17, 15) is 4.79 Å². The lowest BCUT2D eigenvalue weighted by molar-refractivity contribution is 0.0877. The third kappa shape index (κ3) is 1.83. The molecule has 3 atom stereocenters. The van der Waals surface area contributed by atoms with Crippen molar-refractivity contribution in [2.24, 2.45) is 0 Å². The first-order chi connectivity index (χ1) is 9.70. The predicted octanol–water partition coefficient (Wildman–Crippen LogP) is 1.02. The lowest BCUT2D eigenvalue weighted by atomic mass is 9.98. The van der Waals surface area contributed by atoms with E-state index in [0.717, 1.165) is 18.5 Å². The van der Waals surface area contributed by atoms with Gasteiger partial charge in [-0.3, -0.25) is 9.89 Å². The van der Waals surface area contributed by atoms with Crippen LogP contribution in [0.5, 0.6) is 0 Å². The van der Waals surface area contributed by atoms with Gasteiger partial charge in [0.25, 0.3) is 5.91 Å². The first-order valence-electron chi connectivity index (χ1n) is 7.25. The SMILES string of the molecule is CN1[C@@H]2CC[C@H]1CC(NC(=O)c1cc3nccn3[nH]1)C2. The normalized spacial score (nSPS) is 29.9. The van der Waals surface area contributed by atoms with Gasteiger partial charge in [-0.25, -0.2) is 9.50 Å². The number of aromatic nitrogens is 3. The van der Waals surface area contributed by atoms with E-state index in [0.29, 0.717) is 23.8 Å². The van der Waals surface area contributed by atoms with Crippen LogP contribution in [0.2, 0.25) is 0 Å². The first kappa shape index (κ1) is 12.0. The van der Waals surface area contributed by atoms with Gasteiger partial charge < -0.3 is 10.2 Å². The number of fused-ring (bicyclic) bond motifs is 3. The average Bonchev–Trinajstić information content (AvgIpc) is 3.04. The van der Waals surface area contributed by atoms with Crippen LogP contribution in [-0.2, 0) is 0 Å². The summed E-state index contributed by atoms with van der Waals surface area (Å²) in [5.74, 6) is -0.0237. The smallest absolute Gasteiger partial charge is 0.269 e. The minimum Gasteiger partial charge on any atom is -0.348 e. The molecular formula is C14H19N5O. The third-order valence-corrected chi connectivity index (χ3v) is 4.86. The Balaban J connectivity index is 1.46. The van der Waals surface area contributed by atoms with Gasteiger partial charge >= 0.3 is 0 Å². The Hall–Kier alpha value is -1.82. The molecule has 2 aromatic rings. The molecule has 2 aliphatic heterocycles. The maximum atomic E-state index is 12.3. The number of hydrogen-bond donors (Lipinski definition) is 2. The molecule has 0 aromatic carbocycles. The second-order valence-electron chi connectivity index (χ2n) is 6.02. The number of H-pyrrole nitrogens is 1. The van der Waals surface area contributed by atoms with Crippen LogP contribution in [0, 0.1) is 0 Å². The van der Waals surface area contributed by atoms with Gasteiger partial charge in [-0.15, -0.1) is 0 Å². The molecule has 1 unspecified atom stereocenters. The highest BCUT2D eigenvalue weighted by Crippen LogP contribution is 2.34. The topological polar surface area (TPSA) is 65.4 Å². The summed E-state index contributed by atoms with van der Waals surface area (Å²) in [4.78, 5) is 18.9. The summed E-state index contributed by atoms with van der Waals surface area (Å²) >= 11 is 0. The summed E-state index contributed by atoms with van der Waals surface area (Å²) in [6.45, 7) is 0. The van der Waals surface area contributed by atoms with E-state index < -0.39 is 0 Å². The first-order valence-corrected chi connectivity index (χ1v) is 7.25. The molecule has 0 spiro atoms. The molecule has 0 aliphatic carbocycles. The van der Waals surface area contributed by atoms with Crippen LogP contribution in [0.15, 0.2) is 18.5 Å². The molecule has 20 heavy (non-hydrogen) atoms. The second kappa shape index (κ2) is 4.34. The highest BCUT2D eigenvalue weighted by Gasteiger charge is 2.38. The zero-order valence-corrected chi connectivity index (χ0v) is 11.5. The fraction of sp³-hybridized carbons (Fsp3) is 0.571. The Morgan fingerprint density at radius 3 is 2.85 bits per heavy atom. The summed E-state index contributed by atoms with van der Waals surface area (Å²) < 4.78 is 1.76. The zero-order chi connectivity index (χ0) is 13.7. The molecule has 2 aliphatic rings. The summed E-state index contributed by atoms with van der Waals surface area (Å²) in [6.07, 6.45) is 8.19. The lowest BCUT2D eigenvalue weighted by Gasteiger charge is -2.36. The number of carbonyl (C=O) groups excluding carboxylic acids is 1. The van der Waals surface area contributed by atoms with Crippen LogP contribution < -0.4 is 5.32 Å². The van der Waals surface area contributed by atoms with Crippen LogP contribution in [0.25, 0.3) is 5.65 Å². The van der Waals surface area contributed by atoms with Crippen molar-refractivity contribution in [2.75, 3.05) is 7.05 Å². The van der Waals surface area contributed by atoms with Gasteiger partial charge in [-0.05, 0) is 32.7 Å². The number of hydrogen-bond acceptors (Lipinski definition) is 3. The van der Waals surface area contributed by atoms with Crippen LogP contribution in [0.4, 0.5) is 0 Å². The Labute approximate surface area is 117 Å². The largest absolute Gasteiger partial charge is 0.348 e. The number of aromatic amines is 1. The standard InChI is InChI=1S/C14H19N5O/c1-18-10-2-3-11(18)7-9(6-10)16-14(20)12-8-13-15-4-5-19(13)17-12/h4-5,8-11,17H,2-3,6-7H2,1H3,(H,16,20)/t9?,10-,11+. The molecule has 2 fully saturated rings.